The van der Waals surface area contributed by atoms with Gasteiger partial charge in [0, 0.05) is 6.08 Å². The maximum Gasteiger partial charge on any atom is 0.123 e. The van der Waals surface area contributed by atoms with Crippen LogP contribution in [0.2, 0.25) is 0 Å². The molecule has 0 radical (unpaired) electrons. The minimum Gasteiger partial charge on any atom is -0.628 e. The van der Waals surface area contributed by atoms with Gasteiger partial charge in [-0.25, -0.2) is 4.39 Å². The van der Waals surface area contributed by atoms with Crippen LogP contribution in [0.3, 0.4) is 0 Å². The van der Waals surface area contributed by atoms with Crippen molar-refractivity contribution in [3.8, 4) is 5.75 Å². The molecule has 1 rings (SSSR count). The van der Waals surface area contributed by atoms with Gasteiger partial charge < -0.3 is 14.6 Å². The van der Waals surface area contributed by atoms with Gasteiger partial charge in [-0.3, -0.25) is 0 Å². The van der Waals surface area contributed by atoms with Crippen LogP contribution in [0.1, 0.15) is 13.8 Å². The second-order valence-electron chi connectivity index (χ2n) is 3.73. The fourth-order valence-corrected chi connectivity index (χ4v) is 1.34. The molecule has 0 unspecified atom stereocenters. The zero-order chi connectivity index (χ0) is 12.7. The van der Waals surface area contributed by atoms with Crippen LogP contribution < -0.4 is 4.74 Å². The molecule has 0 amide bonds. The molecule has 0 bridgehead atoms. The van der Waals surface area contributed by atoms with Crippen molar-refractivity contribution in [3.63, 3.8) is 0 Å². The van der Waals surface area contributed by atoms with Crippen LogP contribution in [0.5, 0.6) is 5.75 Å². The highest BCUT2D eigenvalue weighted by Crippen LogP contribution is 2.11. The molecule has 0 saturated carbocycles. The fourth-order valence-electron chi connectivity index (χ4n) is 1.34. The third-order valence-corrected chi connectivity index (χ3v) is 2.61. The number of hydrogen-bond acceptors (Lipinski definition) is 2. The molecule has 0 fully saturated rings. The van der Waals surface area contributed by atoms with Gasteiger partial charge in [0.1, 0.15) is 18.2 Å². The summed E-state index contributed by atoms with van der Waals surface area (Å²) in [5.41, 5.74) is 0. The van der Waals surface area contributed by atoms with Crippen LogP contribution in [0.25, 0.3) is 0 Å². The lowest BCUT2D eigenvalue weighted by Gasteiger charge is -2.36. The lowest BCUT2D eigenvalue weighted by molar-refractivity contribution is -0.825. The van der Waals surface area contributed by atoms with Crippen LogP contribution >= 0.6 is 0 Å². The Morgan fingerprint density at radius 3 is 2.35 bits per heavy atom. The third-order valence-electron chi connectivity index (χ3n) is 2.61. The number of halogens is 1. The smallest absolute Gasteiger partial charge is 0.123 e. The van der Waals surface area contributed by atoms with E-state index in [4.69, 9.17) is 4.74 Å². The van der Waals surface area contributed by atoms with Gasteiger partial charge >= 0.3 is 0 Å². The Morgan fingerprint density at radius 1 is 1.24 bits per heavy atom. The molecular weight excluding hydrogens is 221 g/mol. The first kappa shape index (κ1) is 13.7. The van der Waals surface area contributed by atoms with Crippen molar-refractivity contribution < 1.29 is 13.8 Å². The molecule has 0 aliphatic carbocycles. The normalized spacial score (nSPS) is 12.0. The zero-order valence-corrected chi connectivity index (χ0v) is 10.2. The maximum atomic E-state index is 12.6. The predicted octanol–water partition coefficient (Wildman–Crippen LogP) is 3.07. The Bertz CT molecular complexity index is 358. The summed E-state index contributed by atoms with van der Waals surface area (Å²) >= 11 is 0. The Labute approximate surface area is 101 Å². The second kappa shape index (κ2) is 6.37. The minimum absolute atomic E-state index is 0.292. The third kappa shape index (κ3) is 4.54. The molecule has 0 atom stereocenters. The average molecular weight is 239 g/mol. The van der Waals surface area contributed by atoms with Crippen LogP contribution in [-0.2, 0) is 0 Å². The van der Waals surface area contributed by atoms with Crippen LogP contribution in [0.15, 0.2) is 36.5 Å². The van der Waals surface area contributed by atoms with E-state index in [0.29, 0.717) is 25.4 Å². The zero-order valence-electron chi connectivity index (χ0n) is 10.2. The number of hydroxylamine groups is 3. The molecule has 1 aromatic rings. The van der Waals surface area contributed by atoms with Gasteiger partial charge in [-0.15, -0.1) is 0 Å². The second-order valence-corrected chi connectivity index (χ2v) is 3.73. The van der Waals surface area contributed by atoms with Gasteiger partial charge in [0.05, 0.1) is 19.3 Å². The summed E-state index contributed by atoms with van der Waals surface area (Å²) in [5.74, 6) is 0.299. The van der Waals surface area contributed by atoms with Gasteiger partial charge in [0.2, 0.25) is 0 Å². The van der Waals surface area contributed by atoms with E-state index < -0.39 is 0 Å². The van der Waals surface area contributed by atoms with Gasteiger partial charge in [0.25, 0.3) is 0 Å². The predicted molar refractivity (Wildman–Crippen MR) is 65.7 cm³/mol. The van der Waals surface area contributed by atoms with Crippen molar-refractivity contribution in [3.05, 3.63) is 47.6 Å². The van der Waals surface area contributed by atoms with E-state index in [1.54, 1.807) is 24.4 Å². The highest BCUT2D eigenvalue weighted by molar-refractivity contribution is 5.22. The molecule has 17 heavy (non-hydrogen) atoms. The fraction of sp³-hybridized carbons (Fsp3) is 0.385. The number of hydrogen-bond donors (Lipinski definition) is 0. The summed E-state index contributed by atoms with van der Waals surface area (Å²) in [4.78, 5) is 0. The van der Waals surface area contributed by atoms with Crippen molar-refractivity contribution in [2.45, 2.75) is 13.8 Å². The SMILES string of the molecule is CC[N+]([O-])(/C=C/COc1ccc(F)cc1)CC. The first-order valence-electron chi connectivity index (χ1n) is 5.73. The molecule has 0 aliphatic rings. The molecular formula is C13H18FNO2. The molecule has 4 heteroatoms. The molecule has 1 aromatic carbocycles. The minimum atomic E-state index is -0.354. The van der Waals surface area contributed by atoms with Gasteiger partial charge in [-0.1, -0.05) is 0 Å². The molecule has 0 heterocycles. The average Bonchev–Trinajstić information content (AvgIpc) is 2.36. The van der Waals surface area contributed by atoms with E-state index in [1.807, 2.05) is 13.8 Å². The highest BCUT2D eigenvalue weighted by Gasteiger charge is 2.05. The van der Waals surface area contributed by atoms with Crippen molar-refractivity contribution in [2.75, 3.05) is 19.7 Å². The monoisotopic (exact) mass is 239 g/mol. The van der Waals surface area contributed by atoms with E-state index >= 15 is 0 Å². The van der Waals surface area contributed by atoms with Crippen LogP contribution in [-0.4, -0.2) is 24.3 Å². The Morgan fingerprint density at radius 2 is 1.82 bits per heavy atom. The van der Waals surface area contributed by atoms with E-state index in [2.05, 4.69) is 0 Å². The van der Waals surface area contributed by atoms with Crippen LogP contribution in [0.4, 0.5) is 4.39 Å². The highest BCUT2D eigenvalue weighted by atomic mass is 19.1. The Hall–Kier alpha value is -1.39. The first-order chi connectivity index (χ1) is 8.09. The van der Waals surface area contributed by atoms with Crippen molar-refractivity contribution in [1.29, 1.82) is 0 Å². The standard InChI is InChI=1S/C13H18FNO2/c1-3-15(16,4-2)10-5-11-17-13-8-6-12(14)7-9-13/h5-10H,3-4,11H2,1-2H3/b10-5+. The molecule has 0 aromatic heterocycles. The molecule has 0 N–H and O–H groups in total. The maximum absolute atomic E-state index is 12.6. The van der Waals surface area contributed by atoms with Gasteiger partial charge in [0.15, 0.2) is 0 Å². The van der Waals surface area contributed by atoms with Crippen molar-refractivity contribution in [1.82, 2.24) is 0 Å². The summed E-state index contributed by atoms with van der Waals surface area (Å²) in [5, 5.41) is 11.8. The summed E-state index contributed by atoms with van der Waals surface area (Å²) in [6, 6.07) is 5.79. The summed E-state index contributed by atoms with van der Waals surface area (Å²) in [6.07, 6.45) is 3.28. The number of ether oxygens (including phenoxy) is 1. The molecule has 0 aliphatic heterocycles. The molecule has 0 spiro atoms. The number of benzene rings is 1. The van der Waals surface area contributed by atoms with E-state index in [9.17, 15) is 9.60 Å². The summed E-state index contributed by atoms with van der Waals surface area (Å²) in [6.45, 7) is 5.02. The quantitative estimate of drug-likeness (QED) is 0.564. The van der Waals surface area contributed by atoms with E-state index in [-0.39, 0.29) is 10.5 Å². The van der Waals surface area contributed by atoms with E-state index in [0.717, 1.165) is 0 Å². The molecule has 3 nitrogen and oxygen atoms in total. The lowest BCUT2D eigenvalue weighted by atomic mass is 10.3. The summed E-state index contributed by atoms with van der Waals surface area (Å²) in [7, 11) is 0. The Balaban J connectivity index is 2.42. The Kier molecular flexibility index (Phi) is 5.12. The van der Waals surface area contributed by atoms with Gasteiger partial charge in [-0.2, -0.15) is 0 Å². The lowest BCUT2D eigenvalue weighted by Crippen LogP contribution is -2.35. The molecule has 94 valence electrons. The summed E-state index contributed by atoms with van der Waals surface area (Å²) < 4.78 is 17.6. The van der Waals surface area contributed by atoms with E-state index in [1.165, 1.54) is 12.1 Å². The largest absolute Gasteiger partial charge is 0.628 e. The number of nitrogens with zero attached hydrogens (tertiary/aromatic N) is 1. The van der Waals surface area contributed by atoms with Crippen molar-refractivity contribution in [2.24, 2.45) is 0 Å². The van der Waals surface area contributed by atoms with Crippen molar-refractivity contribution >= 4 is 0 Å². The van der Waals surface area contributed by atoms with Gasteiger partial charge in [-0.05, 0) is 38.1 Å². The first-order valence-corrected chi connectivity index (χ1v) is 5.73. The number of quaternary nitrogens is 1. The topological polar surface area (TPSA) is 32.3 Å². The molecule has 0 saturated heterocycles. The number of rotatable bonds is 6. The van der Waals surface area contributed by atoms with Crippen LogP contribution in [0, 0.1) is 11.0 Å².